The summed E-state index contributed by atoms with van der Waals surface area (Å²) < 4.78 is 5.22. The van der Waals surface area contributed by atoms with Gasteiger partial charge in [0.2, 0.25) is 5.91 Å². The van der Waals surface area contributed by atoms with Crippen LogP contribution in [0.5, 0.6) is 5.75 Å². The third kappa shape index (κ3) is 3.74. The first-order chi connectivity index (χ1) is 10.2. The molecule has 0 aliphatic heterocycles. The Labute approximate surface area is 128 Å². The van der Waals surface area contributed by atoms with Crippen LogP contribution in [0, 0.1) is 0 Å². The van der Waals surface area contributed by atoms with Gasteiger partial charge in [-0.3, -0.25) is 4.79 Å². The molecule has 1 amide bonds. The highest BCUT2D eigenvalue weighted by atomic mass is 35.5. The average molecular weight is 305 g/mol. The fraction of sp³-hybridized carbons (Fsp3) is 0.188. The van der Waals surface area contributed by atoms with E-state index in [0.717, 1.165) is 5.56 Å². The van der Waals surface area contributed by atoms with Crippen molar-refractivity contribution < 1.29 is 9.53 Å². The maximum absolute atomic E-state index is 12.4. The van der Waals surface area contributed by atoms with Crippen LogP contribution >= 0.6 is 11.6 Å². The largest absolute Gasteiger partial charge is 0.495 e. The van der Waals surface area contributed by atoms with Gasteiger partial charge in [-0.1, -0.05) is 41.9 Å². The summed E-state index contributed by atoms with van der Waals surface area (Å²) in [6.07, 6.45) is 0. The number of carbonyl (C=O) groups is 1. The highest BCUT2D eigenvalue weighted by molar-refractivity contribution is 6.31. The van der Waals surface area contributed by atoms with E-state index in [9.17, 15) is 4.79 Å². The standard InChI is InChI=1S/C16H17ClN2O2/c1-21-15-8-7-12(17)9-14(15)19-16(20)13(10-18)11-5-3-2-4-6-11/h2-9,13H,10,18H2,1H3,(H,19,20). The number of rotatable bonds is 5. The molecule has 1 atom stereocenters. The lowest BCUT2D eigenvalue weighted by Crippen LogP contribution is -2.27. The number of anilines is 1. The first kappa shape index (κ1) is 15.4. The van der Waals surface area contributed by atoms with Crippen LogP contribution in [0.3, 0.4) is 0 Å². The van der Waals surface area contributed by atoms with Crippen LogP contribution in [-0.4, -0.2) is 19.6 Å². The van der Waals surface area contributed by atoms with Gasteiger partial charge < -0.3 is 15.8 Å². The van der Waals surface area contributed by atoms with Gasteiger partial charge in [-0.05, 0) is 23.8 Å². The molecule has 110 valence electrons. The monoisotopic (exact) mass is 304 g/mol. The molecule has 0 aromatic heterocycles. The first-order valence-corrected chi connectivity index (χ1v) is 6.93. The van der Waals surface area contributed by atoms with E-state index in [2.05, 4.69) is 5.32 Å². The van der Waals surface area contributed by atoms with Crippen LogP contribution in [0.2, 0.25) is 5.02 Å². The molecule has 0 bridgehead atoms. The van der Waals surface area contributed by atoms with Gasteiger partial charge in [-0.2, -0.15) is 0 Å². The van der Waals surface area contributed by atoms with Crippen LogP contribution in [0.25, 0.3) is 0 Å². The van der Waals surface area contributed by atoms with Crippen molar-refractivity contribution in [2.24, 2.45) is 5.73 Å². The zero-order valence-corrected chi connectivity index (χ0v) is 12.4. The molecule has 2 aromatic rings. The second-order valence-electron chi connectivity index (χ2n) is 4.53. The number of carbonyl (C=O) groups excluding carboxylic acids is 1. The number of halogens is 1. The Morgan fingerprint density at radius 2 is 2.00 bits per heavy atom. The van der Waals surface area contributed by atoms with Crippen molar-refractivity contribution in [1.29, 1.82) is 0 Å². The lowest BCUT2D eigenvalue weighted by atomic mass is 9.98. The van der Waals surface area contributed by atoms with E-state index < -0.39 is 5.92 Å². The molecule has 2 aromatic carbocycles. The van der Waals surface area contributed by atoms with Crippen LogP contribution in [0.4, 0.5) is 5.69 Å². The van der Waals surface area contributed by atoms with Crippen LogP contribution < -0.4 is 15.8 Å². The second-order valence-corrected chi connectivity index (χ2v) is 4.97. The molecular formula is C16H17ClN2O2. The summed E-state index contributed by atoms with van der Waals surface area (Å²) in [5.41, 5.74) is 7.15. The van der Waals surface area contributed by atoms with Gasteiger partial charge in [0, 0.05) is 11.6 Å². The summed E-state index contributed by atoms with van der Waals surface area (Å²) in [7, 11) is 1.54. The normalized spacial score (nSPS) is 11.8. The number of hydrogen-bond acceptors (Lipinski definition) is 3. The molecule has 1 unspecified atom stereocenters. The van der Waals surface area contributed by atoms with Crippen LogP contribution in [0.1, 0.15) is 11.5 Å². The smallest absolute Gasteiger partial charge is 0.233 e. The van der Waals surface area contributed by atoms with Crippen molar-refractivity contribution in [3.63, 3.8) is 0 Å². The Hall–Kier alpha value is -2.04. The minimum atomic E-state index is -0.421. The highest BCUT2D eigenvalue weighted by Crippen LogP contribution is 2.29. The predicted molar refractivity (Wildman–Crippen MR) is 84.9 cm³/mol. The summed E-state index contributed by atoms with van der Waals surface area (Å²) >= 11 is 5.96. The molecule has 0 aliphatic rings. The lowest BCUT2D eigenvalue weighted by molar-refractivity contribution is -0.117. The molecule has 5 heteroatoms. The minimum absolute atomic E-state index is 0.190. The van der Waals surface area contributed by atoms with Crippen molar-refractivity contribution >= 4 is 23.2 Å². The van der Waals surface area contributed by atoms with Crippen molar-refractivity contribution in [2.45, 2.75) is 5.92 Å². The van der Waals surface area contributed by atoms with Gasteiger partial charge in [0.1, 0.15) is 5.75 Å². The Balaban J connectivity index is 2.22. The molecule has 0 aliphatic carbocycles. The number of nitrogens with two attached hydrogens (primary N) is 1. The number of methoxy groups -OCH3 is 1. The average Bonchev–Trinajstić information content (AvgIpc) is 2.49. The molecule has 21 heavy (non-hydrogen) atoms. The van der Waals surface area contributed by atoms with Gasteiger partial charge >= 0.3 is 0 Å². The highest BCUT2D eigenvalue weighted by Gasteiger charge is 2.20. The van der Waals surface area contributed by atoms with E-state index in [1.807, 2.05) is 30.3 Å². The second kappa shape index (κ2) is 7.11. The Morgan fingerprint density at radius 3 is 2.62 bits per heavy atom. The molecular weight excluding hydrogens is 288 g/mol. The van der Waals surface area contributed by atoms with E-state index in [0.29, 0.717) is 16.5 Å². The maximum Gasteiger partial charge on any atom is 0.233 e. The zero-order valence-electron chi connectivity index (χ0n) is 11.7. The number of nitrogens with one attached hydrogen (secondary N) is 1. The number of ether oxygens (including phenoxy) is 1. The third-order valence-corrected chi connectivity index (χ3v) is 3.41. The first-order valence-electron chi connectivity index (χ1n) is 6.55. The quantitative estimate of drug-likeness (QED) is 0.892. The molecule has 0 spiro atoms. The number of hydrogen-bond donors (Lipinski definition) is 2. The van der Waals surface area contributed by atoms with Crippen molar-refractivity contribution in [3.05, 3.63) is 59.1 Å². The van der Waals surface area contributed by atoms with Crippen LogP contribution in [-0.2, 0) is 4.79 Å². The lowest BCUT2D eigenvalue weighted by Gasteiger charge is -2.17. The van der Waals surface area contributed by atoms with Gasteiger partial charge in [-0.25, -0.2) is 0 Å². The van der Waals surface area contributed by atoms with E-state index >= 15 is 0 Å². The van der Waals surface area contributed by atoms with E-state index in [-0.39, 0.29) is 12.5 Å². The maximum atomic E-state index is 12.4. The third-order valence-electron chi connectivity index (χ3n) is 3.17. The SMILES string of the molecule is COc1ccc(Cl)cc1NC(=O)C(CN)c1ccccc1. The van der Waals surface area contributed by atoms with Crippen molar-refractivity contribution in [3.8, 4) is 5.75 Å². The van der Waals surface area contributed by atoms with Crippen molar-refractivity contribution in [2.75, 3.05) is 19.0 Å². The number of amides is 1. The topological polar surface area (TPSA) is 64.3 Å². The van der Waals surface area contributed by atoms with Gasteiger partial charge in [-0.15, -0.1) is 0 Å². The van der Waals surface area contributed by atoms with E-state index in [1.54, 1.807) is 18.2 Å². The Morgan fingerprint density at radius 1 is 1.29 bits per heavy atom. The summed E-state index contributed by atoms with van der Waals surface area (Å²) in [6, 6.07) is 14.5. The summed E-state index contributed by atoms with van der Waals surface area (Å²) in [5, 5.41) is 3.35. The zero-order chi connectivity index (χ0) is 15.2. The fourth-order valence-electron chi connectivity index (χ4n) is 2.08. The Kier molecular flexibility index (Phi) is 5.20. The summed E-state index contributed by atoms with van der Waals surface area (Å²) in [5.74, 6) is -0.0595. The summed E-state index contributed by atoms with van der Waals surface area (Å²) in [6.45, 7) is 0.221. The number of benzene rings is 2. The van der Waals surface area contributed by atoms with Gasteiger partial charge in [0.15, 0.2) is 0 Å². The molecule has 3 N–H and O–H groups in total. The van der Waals surface area contributed by atoms with Gasteiger partial charge in [0.25, 0.3) is 0 Å². The summed E-state index contributed by atoms with van der Waals surface area (Å²) in [4.78, 5) is 12.4. The minimum Gasteiger partial charge on any atom is -0.495 e. The van der Waals surface area contributed by atoms with E-state index in [4.69, 9.17) is 22.1 Å². The van der Waals surface area contributed by atoms with Crippen molar-refractivity contribution in [1.82, 2.24) is 0 Å². The predicted octanol–water partition coefficient (Wildman–Crippen LogP) is 3.03. The molecule has 4 nitrogen and oxygen atoms in total. The molecule has 2 rings (SSSR count). The Bertz CT molecular complexity index is 617. The fourth-order valence-corrected chi connectivity index (χ4v) is 2.25. The van der Waals surface area contributed by atoms with Gasteiger partial charge in [0.05, 0.1) is 18.7 Å². The molecule has 0 saturated heterocycles. The molecule has 0 saturated carbocycles. The molecule has 0 radical (unpaired) electrons. The van der Waals surface area contributed by atoms with Crippen LogP contribution in [0.15, 0.2) is 48.5 Å². The molecule has 0 fully saturated rings. The molecule has 0 heterocycles. The van der Waals surface area contributed by atoms with E-state index in [1.165, 1.54) is 7.11 Å².